The highest BCUT2D eigenvalue weighted by Crippen LogP contribution is 2.25. The average molecular weight is 348 g/mol. The number of nitrogens with zero attached hydrogens (tertiary/aromatic N) is 1. The van der Waals surface area contributed by atoms with Crippen LogP contribution in [0.2, 0.25) is 5.02 Å². The lowest BCUT2D eigenvalue weighted by molar-refractivity contribution is -0.132. The van der Waals surface area contributed by atoms with Gasteiger partial charge in [0.2, 0.25) is 0 Å². The maximum absolute atomic E-state index is 12.2. The first-order chi connectivity index (χ1) is 11.4. The minimum absolute atomic E-state index is 0.00678. The van der Waals surface area contributed by atoms with Crippen molar-refractivity contribution in [2.45, 2.75) is 20.4 Å². The van der Waals surface area contributed by atoms with E-state index in [4.69, 9.17) is 21.1 Å². The molecule has 0 aliphatic carbocycles. The van der Waals surface area contributed by atoms with Gasteiger partial charge in [-0.3, -0.25) is 4.79 Å². The van der Waals surface area contributed by atoms with Gasteiger partial charge in [0.25, 0.3) is 5.91 Å². The molecule has 1 amide bonds. The number of likely N-dealkylation sites (N-methyl/N-ethyl adjacent to an activating group) is 1. The summed E-state index contributed by atoms with van der Waals surface area (Å²) in [4.78, 5) is 13.9. The van der Waals surface area contributed by atoms with Crippen LogP contribution in [0.5, 0.6) is 11.5 Å². The Morgan fingerprint density at radius 3 is 2.21 bits per heavy atom. The number of hydrogen-bond acceptors (Lipinski definition) is 3. The second kappa shape index (κ2) is 8.06. The predicted molar refractivity (Wildman–Crippen MR) is 95.9 cm³/mol. The molecule has 128 valence electrons. The third-order valence-electron chi connectivity index (χ3n) is 3.78. The van der Waals surface area contributed by atoms with Gasteiger partial charge < -0.3 is 14.4 Å². The average Bonchev–Trinajstić information content (AvgIpc) is 2.58. The molecule has 0 spiro atoms. The fourth-order valence-corrected chi connectivity index (χ4v) is 2.45. The lowest BCUT2D eigenvalue weighted by Gasteiger charge is -2.18. The van der Waals surface area contributed by atoms with Gasteiger partial charge >= 0.3 is 0 Å². The van der Waals surface area contributed by atoms with Crippen LogP contribution in [0.1, 0.15) is 16.7 Å². The Kier molecular flexibility index (Phi) is 6.10. The molecule has 0 saturated heterocycles. The van der Waals surface area contributed by atoms with Crippen molar-refractivity contribution in [3.8, 4) is 11.5 Å². The van der Waals surface area contributed by atoms with Crippen molar-refractivity contribution in [2.75, 3.05) is 20.8 Å². The summed E-state index contributed by atoms with van der Waals surface area (Å²) in [5.74, 6) is 1.36. The van der Waals surface area contributed by atoms with Gasteiger partial charge in [-0.1, -0.05) is 23.7 Å². The van der Waals surface area contributed by atoms with Crippen LogP contribution in [-0.4, -0.2) is 31.6 Å². The Hall–Kier alpha value is -2.20. The molecule has 5 heteroatoms. The topological polar surface area (TPSA) is 38.8 Å². The van der Waals surface area contributed by atoms with Crippen molar-refractivity contribution >= 4 is 17.5 Å². The van der Waals surface area contributed by atoms with E-state index < -0.39 is 0 Å². The number of rotatable bonds is 6. The van der Waals surface area contributed by atoms with Gasteiger partial charge in [-0.05, 0) is 54.8 Å². The van der Waals surface area contributed by atoms with Gasteiger partial charge in [-0.15, -0.1) is 0 Å². The zero-order valence-corrected chi connectivity index (χ0v) is 15.2. The predicted octanol–water partition coefficient (Wildman–Crippen LogP) is 4.00. The molecule has 0 radical (unpaired) electrons. The van der Waals surface area contributed by atoms with Gasteiger partial charge in [0, 0.05) is 18.6 Å². The smallest absolute Gasteiger partial charge is 0.260 e. The number of methoxy groups -OCH3 is 1. The highest BCUT2D eigenvalue weighted by Gasteiger charge is 2.11. The normalized spacial score (nSPS) is 10.4. The lowest BCUT2D eigenvalue weighted by Crippen LogP contribution is -2.30. The summed E-state index contributed by atoms with van der Waals surface area (Å²) in [5, 5.41) is 0.727. The molecule has 2 aromatic carbocycles. The maximum Gasteiger partial charge on any atom is 0.260 e. The third-order valence-corrected chi connectivity index (χ3v) is 4.37. The first kappa shape index (κ1) is 18.1. The Morgan fingerprint density at radius 1 is 1.08 bits per heavy atom. The summed E-state index contributed by atoms with van der Waals surface area (Å²) in [7, 11) is 3.39. The Balaban J connectivity index is 1.91. The zero-order chi connectivity index (χ0) is 17.7. The molecule has 0 unspecified atom stereocenters. The van der Waals surface area contributed by atoms with Crippen LogP contribution in [0.25, 0.3) is 0 Å². The molecule has 0 fully saturated rings. The molecule has 0 saturated carbocycles. The number of benzene rings is 2. The fraction of sp³-hybridized carbons (Fsp3) is 0.316. The van der Waals surface area contributed by atoms with Crippen LogP contribution in [0.15, 0.2) is 36.4 Å². The summed E-state index contributed by atoms with van der Waals surface area (Å²) in [6, 6.07) is 11.3. The summed E-state index contributed by atoms with van der Waals surface area (Å²) in [5.41, 5.74) is 2.90. The first-order valence-corrected chi connectivity index (χ1v) is 8.05. The van der Waals surface area contributed by atoms with E-state index in [9.17, 15) is 4.79 Å². The summed E-state index contributed by atoms with van der Waals surface area (Å²) in [6.07, 6.45) is 0. The minimum Gasteiger partial charge on any atom is -0.497 e. The third kappa shape index (κ3) is 4.65. The molecular weight excluding hydrogens is 326 g/mol. The van der Waals surface area contributed by atoms with Crippen LogP contribution in [-0.2, 0) is 11.3 Å². The van der Waals surface area contributed by atoms with Gasteiger partial charge in [-0.25, -0.2) is 0 Å². The van der Waals surface area contributed by atoms with Gasteiger partial charge in [-0.2, -0.15) is 0 Å². The highest BCUT2D eigenvalue weighted by atomic mass is 35.5. The molecule has 0 N–H and O–H groups in total. The summed E-state index contributed by atoms with van der Waals surface area (Å²) < 4.78 is 10.7. The van der Waals surface area contributed by atoms with E-state index in [1.54, 1.807) is 19.1 Å². The number of halogens is 1. The molecule has 0 heterocycles. The molecule has 0 bridgehead atoms. The van der Waals surface area contributed by atoms with Crippen molar-refractivity contribution in [3.05, 3.63) is 58.1 Å². The van der Waals surface area contributed by atoms with Crippen molar-refractivity contribution < 1.29 is 14.3 Å². The van der Waals surface area contributed by atoms with Gasteiger partial charge in [0.1, 0.15) is 11.5 Å². The second-order valence-electron chi connectivity index (χ2n) is 5.76. The Bertz CT molecular complexity index is 690. The van der Waals surface area contributed by atoms with E-state index >= 15 is 0 Å². The number of aryl methyl sites for hydroxylation is 2. The lowest BCUT2D eigenvalue weighted by atomic mass is 10.1. The first-order valence-electron chi connectivity index (χ1n) is 7.67. The minimum atomic E-state index is -0.0870. The molecule has 0 atom stereocenters. The molecule has 24 heavy (non-hydrogen) atoms. The van der Waals surface area contributed by atoms with Crippen molar-refractivity contribution in [1.29, 1.82) is 0 Å². The van der Waals surface area contributed by atoms with E-state index in [0.29, 0.717) is 12.3 Å². The second-order valence-corrected chi connectivity index (χ2v) is 6.14. The highest BCUT2D eigenvalue weighted by molar-refractivity contribution is 6.32. The summed E-state index contributed by atoms with van der Waals surface area (Å²) in [6.45, 7) is 4.34. The SMILES string of the molecule is COc1ccc(CN(C)C(=O)COc2cc(C)c(Cl)c(C)c2)cc1. The molecule has 2 aromatic rings. The quantitative estimate of drug-likeness (QED) is 0.792. The Morgan fingerprint density at radius 2 is 1.67 bits per heavy atom. The molecule has 4 nitrogen and oxygen atoms in total. The summed E-state index contributed by atoms with van der Waals surface area (Å²) >= 11 is 6.14. The number of amides is 1. The van der Waals surface area contributed by atoms with Gasteiger partial charge in [0.05, 0.1) is 7.11 Å². The van der Waals surface area contributed by atoms with E-state index in [1.165, 1.54) is 0 Å². The van der Waals surface area contributed by atoms with E-state index in [-0.39, 0.29) is 12.5 Å². The zero-order valence-electron chi connectivity index (χ0n) is 14.4. The standard InChI is InChI=1S/C19H22ClNO3/c1-13-9-17(10-14(2)19(13)20)24-12-18(22)21(3)11-15-5-7-16(23-4)8-6-15/h5-10H,11-12H2,1-4H3. The number of ether oxygens (including phenoxy) is 2. The maximum atomic E-state index is 12.2. The van der Waals surface area contributed by atoms with Crippen molar-refractivity contribution in [1.82, 2.24) is 4.90 Å². The van der Waals surface area contributed by atoms with E-state index in [0.717, 1.165) is 27.5 Å². The van der Waals surface area contributed by atoms with Crippen LogP contribution < -0.4 is 9.47 Å². The number of carbonyl (C=O) groups is 1. The van der Waals surface area contributed by atoms with Crippen molar-refractivity contribution in [2.24, 2.45) is 0 Å². The van der Waals surface area contributed by atoms with Crippen LogP contribution in [0, 0.1) is 13.8 Å². The number of carbonyl (C=O) groups excluding carboxylic acids is 1. The monoisotopic (exact) mass is 347 g/mol. The molecule has 0 aromatic heterocycles. The molecular formula is C19H22ClNO3. The van der Waals surface area contributed by atoms with Crippen LogP contribution >= 0.6 is 11.6 Å². The van der Waals surface area contributed by atoms with Crippen molar-refractivity contribution in [3.63, 3.8) is 0 Å². The van der Waals surface area contributed by atoms with E-state index in [1.807, 2.05) is 50.2 Å². The molecule has 0 aliphatic heterocycles. The largest absolute Gasteiger partial charge is 0.497 e. The Labute approximate surface area is 147 Å². The fourth-order valence-electron chi connectivity index (χ4n) is 2.34. The molecule has 0 aliphatic rings. The molecule has 2 rings (SSSR count). The number of hydrogen-bond donors (Lipinski definition) is 0. The van der Waals surface area contributed by atoms with Gasteiger partial charge in [0.15, 0.2) is 6.61 Å². The van der Waals surface area contributed by atoms with E-state index in [2.05, 4.69) is 0 Å². The van der Waals surface area contributed by atoms with Crippen LogP contribution in [0.4, 0.5) is 0 Å². The van der Waals surface area contributed by atoms with Crippen LogP contribution in [0.3, 0.4) is 0 Å².